The molecule has 0 aliphatic heterocycles. The lowest BCUT2D eigenvalue weighted by molar-refractivity contribution is -0.139. The molecule has 3 atom stereocenters. The number of rotatable bonds is 10. The molecule has 0 aromatic heterocycles. The second kappa shape index (κ2) is 21.0. The third kappa shape index (κ3) is 21.7. The molecule has 0 aliphatic rings. The number of aliphatic carboxylic acids is 4. The Balaban J connectivity index is 0. The smallest absolute Gasteiger partial charge is 0.320 e. The maximum absolute atomic E-state index is 10.4. The molecular formula is C26H40N4O9. The summed E-state index contributed by atoms with van der Waals surface area (Å²) in [4.78, 5) is 40.1. The Morgan fingerprint density at radius 1 is 0.667 bits per heavy atom. The molecule has 0 spiro atoms. The topological polar surface area (TPSA) is 274 Å². The first-order valence-corrected chi connectivity index (χ1v) is 11.8. The van der Waals surface area contributed by atoms with Crippen LogP contribution in [0.5, 0.6) is 5.75 Å². The van der Waals surface area contributed by atoms with Crippen LogP contribution in [-0.2, 0) is 32.0 Å². The van der Waals surface area contributed by atoms with E-state index in [1.54, 1.807) is 12.1 Å². The van der Waals surface area contributed by atoms with Gasteiger partial charge < -0.3 is 48.5 Å². The van der Waals surface area contributed by atoms with E-state index in [1.165, 1.54) is 12.1 Å². The Morgan fingerprint density at radius 3 is 1.31 bits per heavy atom. The number of carboxylic acids is 4. The quantitative estimate of drug-likeness (QED) is 0.194. The summed E-state index contributed by atoms with van der Waals surface area (Å²) in [6.07, 6.45) is 1.21. The predicted octanol–water partition coefficient (Wildman–Crippen LogP) is 0.462. The first-order chi connectivity index (χ1) is 18.1. The van der Waals surface area contributed by atoms with Gasteiger partial charge >= 0.3 is 23.9 Å². The molecule has 0 saturated carbocycles. The second-order valence-corrected chi connectivity index (χ2v) is 8.62. The zero-order valence-corrected chi connectivity index (χ0v) is 22.0. The fourth-order valence-corrected chi connectivity index (χ4v) is 2.54. The highest BCUT2D eigenvalue weighted by atomic mass is 16.4. The monoisotopic (exact) mass is 552 g/mol. The molecule has 2 aromatic carbocycles. The summed E-state index contributed by atoms with van der Waals surface area (Å²) < 4.78 is 0. The van der Waals surface area contributed by atoms with Gasteiger partial charge in [-0.2, -0.15) is 0 Å². The van der Waals surface area contributed by atoms with Gasteiger partial charge in [0.25, 0.3) is 0 Å². The number of phenolic OH excluding ortho intramolecular Hbond substituents is 1. The number of carbonyl (C=O) groups is 4. The van der Waals surface area contributed by atoms with E-state index in [-0.39, 0.29) is 18.7 Å². The molecule has 13 nitrogen and oxygen atoms in total. The summed E-state index contributed by atoms with van der Waals surface area (Å²) in [5, 5.41) is 41.9. The van der Waals surface area contributed by atoms with Gasteiger partial charge in [0.05, 0.1) is 6.54 Å². The largest absolute Gasteiger partial charge is 0.508 e. The molecule has 0 bridgehead atoms. The van der Waals surface area contributed by atoms with Crippen molar-refractivity contribution < 1.29 is 44.7 Å². The molecule has 0 saturated heterocycles. The predicted molar refractivity (Wildman–Crippen MR) is 145 cm³/mol. The lowest BCUT2D eigenvalue weighted by Gasteiger charge is -2.07. The second-order valence-electron chi connectivity index (χ2n) is 8.62. The molecule has 13 heteroatoms. The minimum Gasteiger partial charge on any atom is -0.508 e. The third-order valence-electron chi connectivity index (χ3n) is 4.54. The molecule has 0 radical (unpaired) electrons. The normalized spacial score (nSPS) is 12.1. The van der Waals surface area contributed by atoms with Gasteiger partial charge in [0.1, 0.15) is 23.9 Å². The molecule has 13 N–H and O–H groups in total. The standard InChI is InChI=1S/C9H11NO3.C9H11NO2.C6H13NO2.C2H5NO2/c10-8(9(12)13)5-6-1-3-7(11)4-2-6;10-8(9(11)12)6-7-4-2-1-3-5-7;1-4(2)3-5(7)6(8)9;3-1-2(4)5/h1-4,8,11H,5,10H2,(H,12,13);1-5,8H,6,10H2,(H,11,12);4-5H,3,7H2,1-2H3,(H,8,9);1,3H2,(H,4,5). The lowest BCUT2D eigenvalue weighted by atomic mass is 10.1. The number of phenols is 1. The number of carboxylic acid groups (broad SMARTS) is 4. The van der Waals surface area contributed by atoms with Crippen LogP contribution in [0.1, 0.15) is 31.4 Å². The van der Waals surface area contributed by atoms with Crippen molar-refractivity contribution in [3.05, 3.63) is 65.7 Å². The zero-order chi connectivity index (χ0) is 30.5. The summed E-state index contributed by atoms with van der Waals surface area (Å²) in [5.74, 6) is -3.34. The summed E-state index contributed by atoms with van der Waals surface area (Å²) in [7, 11) is 0. The molecular weight excluding hydrogens is 512 g/mol. The van der Waals surface area contributed by atoms with Crippen molar-refractivity contribution in [2.45, 2.75) is 51.2 Å². The molecule has 0 amide bonds. The molecule has 39 heavy (non-hydrogen) atoms. The van der Waals surface area contributed by atoms with Gasteiger partial charge in [0, 0.05) is 0 Å². The van der Waals surface area contributed by atoms with E-state index in [2.05, 4.69) is 5.73 Å². The van der Waals surface area contributed by atoms with Crippen LogP contribution in [0.2, 0.25) is 0 Å². The average Bonchev–Trinajstić information content (AvgIpc) is 2.86. The van der Waals surface area contributed by atoms with E-state index in [0.29, 0.717) is 18.8 Å². The summed E-state index contributed by atoms with van der Waals surface area (Å²) >= 11 is 0. The average molecular weight is 553 g/mol. The maximum atomic E-state index is 10.4. The van der Waals surface area contributed by atoms with Crippen molar-refractivity contribution in [3.63, 3.8) is 0 Å². The molecule has 3 unspecified atom stereocenters. The van der Waals surface area contributed by atoms with Crippen molar-refractivity contribution in [2.75, 3.05) is 6.54 Å². The Kier molecular flexibility index (Phi) is 19.9. The van der Waals surface area contributed by atoms with Crippen LogP contribution in [0, 0.1) is 5.92 Å². The SMILES string of the molecule is CC(C)CC(N)C(=O)O.NC(Cc1ccc(O)cc1)C(=O)O.NC(Cc1ccccc1)C(=O)O.NCC(=O)O. The van der Waals surface area contributed by atoms with E-state index in [4.69, 9.17) is 42.7 Å². The van der Waals surface area contributed by atoms with Gasteiger partial charge in [-0.3, -0.25) is 19.2 Å². The Bertz CT molecular complexity index is 987. The van der Waals surface area contributed by atoms with Crippen LogP contribution < -0.4 is 22.9 Å². The van der Waals surface area contributed by atoms with Crippen molar-refractivity contribution in [1.29, 1.82) is 0 Å². The highest BCUT2D eigenvalue weighted by Gasteiger charge is 2.13. The van der Waals surface area contributed by atoms with E-state index >= 15 is 0 Å². The fraction of sp³-hybridized carbons (Fsp3) is 0.385. The van der Waals surface area contributed by atoms with Crippen molar-refractivity contribution in [2.24, 2.45) is 28.9 Å². The van der Waals surface area contributed by atoms with Crippen molar-refractivity contribution in [1.82, 2.24) is 0 Å². The van der Waals surface area contributed by atoms with Gasteiger partial charge in [0.2, 0.25) is 0 Å². The van der Waals surface area contributed by atoms with Gasteiger partial charge in [-0.1, -0.05) is 56.3 Å². The van der Waals surface area contributed by atoms with Crippen LogP contribution in [0.4, 0.5) is 0 Å². The van der Waals surface area contributed by atoms with E-state index in [9.17, 15) is 19.2 Å². The summed E-state index contributed by atoms with van der Waals surface area (Å²) in [6, 6.07) is 13.3. The summed E-state index contributed by atoms with van der Waals surface area (Å²) in [6.45, 7) is 3.62. The van der Waals surface area contributed by atoms with Gasteiger partial charge in [-0.05, 0) is 48.4 Å². The lowest BCUT2D eigenvalue weighted by Crippen LogP contribution is -2.32. The summed E-state index contributed by atoms with van der Waals surface area (Å²) in [5.41, 5.74) is 22.2. The number of aromatic hydroxyl groups is 1. The number of hydrogen-bond donors (Lipinski definition) is 9. The molecule has 0 aliphatic carbocycles. The number of benzene rings is 2. The molecule has 2 rings (SSSR count). The minimum absolute atomic E-state index is 0.160. The Morgan fingerprint density at radius 2 is 1.03 bits per heavy atom. The van der Waals surface area contributed by atoms with Crippen LogP contribution in [0.25, 0.3) is 0 Å². The number of hydrogen-bond acceptors (Lipinski definition) is 9. The zero-order valence-electron chi connectivity index (χ0n) is 22.0. The molecule has 0 heterocycles. The Labute approximate surface area is 227 Å². The van der Waals surface area contributed by atoms with Crippen molar-refractivity contribution in [3.8, 4) is 5.75 Å². The first kappa shape index (κ1) is 37.1. The van der Waals surface area contributed by atoms with E-state index in [0.717, 1.165) is 11.1 Å². The third-order valence-corrected chi connectivity index (χ3v) is 4.54. The van der Waals surface area contributed by atoms with E-state index in [1.807, 2.05) is 44.2 Å². The van der Waals surface area contributed by atoms with Crippen LogP contribution in [-0.4, -0.2) is 74.1 Å². The van der Waals surface area contributed by atoms with Crippen LogP contribution in [0.3, 0.4) is 0 Å². The van der Waals surface area contributed by atoms with Gasteiger partial charge in [-0.25, -0.2) is 0 Å². The maximum Gasteiger partial charge on any atom is 0.320 e. The highest BCUT2D eigenvalue weighted by molar-refractivity contribution is 5.74. The Hall–Kier alpha value is -4.04. The van der Waals surface area contributed by atoms with E-state index < -0.39 is 42.0 Å². The van der Waals surface area contributed by atoms with Gasteiger partial charge in [0.15, 0.2) is 0 Å². The highest BCUT2D eigenvalue weighted by Crippen LogP contribution is 2.10. The molecule has 0 fully saturated rings. The fourth-order valence-electron chi connectivity index (χ4n) is 2.54. The first-order valence-electron chi connectivity index (χ1n) is 11.8. The van der Waals surface area contributed by atoms with Gasteiger partial charge in [-0.15, -0.1) is 0 Å². The molecule has 2 aromatic rings. The van der Waals surface area contributed by atoms with Crippen LogP contribution in [0.15, 0.2) is 54.6 Å². The van der Waals surface area contributed by atoms with Crippen LogP contribution >= 0.6 is 0 Å². The molecule has 218 valence electrons. The minimum atomic E-state index is -1.02. The van der Waals surface area contributed by atoms with Crippen molar-refractivity contribution >= 4 is 23.9 Å². The number of nitrogens with two attached hydrogens (primary N) is 4.